The van der Waals surface area contributed by atoms with Crippen LogP contribution in [-0.4, -0.2) is 20.2 Å². The summed E-state index contributed by atoms with van der Waals surface area (Å²) in [5, 5.41) is 6.13. The third kappa shape index (κ3) is 3.50. The Kier molecular flexibility index (Phi) is 4.03. The standard InChI is InChI=1S/C14H12N4OS2/c1-9-15-14(18-21-9)17-13(19)11-8-20-12(16-11)7-10-5-3-2-4-6-10/h2-6,8H,7H2,1H3,(H,17,18,19). The van der Waals surface area contributed by atoms with Gasteiger partial charge in [0.25, 0.3) is 5.91 Å². The molecule has 2 aromatic heterocycles. The first-order valence-electron chi connectivity index (χ1n) is 6.31. The Bertz CT molecular complexity index is 751. The Hall–Kier alpha value is -2.12. The van der Waals surface area contributed by atoms with Crippen molar-refractivity contribution < 1.29 is 4.79 Å². The van der Waals surface area contributed by atoms with Crippen molar-refractivity contribution >= 4 is 34.7 Å². The van der Waals surface area contributed by atoms with Gasteiger partial charge in [0.2, 0.25) is 5.95 Å². The maximum absolute atomic E-state index is 12.0. The number of carbonyl (C=O) groups excluding carboxylic acids is 1. The summed E-state index contributed by atoms with van der Waals surface area (Å²) >= 11 is 2.73. The molecule has 1 aromatic carbocycles. The number of rotatable bonds is 4. The van der Waals surface area contributed by atoms with Gasteiger partial charge < -0.3 is 0 Å². The predicted octanol–water partition coefficient (Wildman–Crippen LogP) is 3.15. The number of aryl methyl sites for hydroxylation is 1. The number of benzene rings is 1. The van der Waals surface area contributed by atoms with Crippen LogP contribution in [0.5, 0.6) is 0 Å². The van der Waals surface area contributed by atoms with E-state index in [2.05, 4.69) is 19.7 Å². The van der Waals surface area contributed by atoms with Crippen LogP contribution in [0.4, 0.5) is 5.95 Å². The zero-order valence-corrected chi connectivity index (χ0v) is 12.9. The van der Waals surface area contributed by atoms with Gasteiger partial charge in [-0.2, -0.15) is 4.37 Å². The first-order chi connectivity index (χ1) is 10.2. The molecule has 21 heavy (non-hydrogen) atoms. The lowest BCUT2D eigenvalue weighted by molar-refractivity contribution is 0.102. The SMILES string of the molecule is Cc1nc(NC(=O)c2csc(Cc3ccccc3)n2)ns1. The second kappa shape index (κ2) is 6.11. The maximum atomic E-state index is 12.0. The van der Waals surface area contributed by atoms with Gasteiger partial charge in [0, 0.05) is 11.8 Å². The number of carbonyl (C=O) groups is 1. The fraction of sp³-hybridized carbons (Fsp3) is 0.143. The molecule has 0 bridgehead atoms. The molecule has 2 heterocycles. The summed E-state index contributed by atoms with van der Waals surface area (Å²) in [5.74, 6) is 0.0588. The van der Waals surface area contributed by atoms with Gasteiger partial charge in [-0.3, -0.25) is 10.1 Å². The van der Waals surface area contributed by atoms with Crippen molar-refractivity contribution in [2.75, 3.05) is 5.32 Å². The Morgan fingerprint density at radius 3 is 2.76 bits per heavy atom. The van der Waals surface area contributed by atoms with Crippen LogP contribution in [0, 0.1) is 6.92 Å². The predicted molar refractivity (Wildman–Crippen MR) is 84.0 cm³/mol. The van der Waals surface area contributed by atoms with E-state index in [9.17, 15) is 4.79 Å². The van der Waals surface area contributed by atoms with Gasteiger partial charge in [-0.1, -0.05) is 30.3 Å². The van der Waals surface area contributed by atoms with Crippen LogP contribution in [0.1, 0.15) is 26.1 Å². The number of hydrogen-bond donors (Lipinski definition) is 1. The molecule has 5 nitrogen and oxygen atoms in total. The van der Waals surface area contributed by atoms with Crippen LogP contribution in [-0.2, 0) is 6.42 Å². The number of amides is 1. The number of thiazole rings is 1. The molecule has 0 radical (unpaired) electrons. The van der Waals surface area contributed by atoms with Gasteiger partial charge in [-0.25, -0.2) is 9.97 Å². The summed E-state index contributed by atoms with van der Waals surface area (Å²) in [6, 6.07) is 10.1. The largest absolute Gasteiger partial charge is 0.288 e. The summed E-state index contributed by atoms with van der Waals surface area (Å²) in [4.78, 5) is 20.5. The molecule has 0 aliphatic carbocycles. The molecule has 0 aliphatic heterocycles. The molecule has 0 spiro atoms. The third-order valence-electron chi connectivity index (χ3n) is 2.74. The summed E-state index contributed by atoms with van der Waals surface area (Å²) in [6.45, 7) is 1.84. The fourth-order valence-electron chi connectivity index (χ4n) is 1.78. The van der Waals surface area contributed by atoms with Crippen molar-refractivity contribution in [2.24, 2.45) is 0 Å². The molecule has 0 saturated carbocycles. The Morgan fingerprint density at radius 1 is 1.24 bits per heavy atom. The maximum Gasteiger partial charge on any atom is 0.277 e. The molecule has 7 heteroatoms. The Balaban J connectivity index is 1.68. The van der Waals surface area contributed by atoms with E-state index in [-0.39, 0.29) is 5.91 Å². The molecule has 0 fully saturated rings. The van der Waals surface area contributed by atoms with Crippen LogP contribution in [0.2, 0.25) is 0 Å². The average molecular weight is 316 g/mol. The zero-order valence-electron chi connectivity index (χ0n) is 11.2. The Labute approximate surface area is 129 Å². The number of nitrogens with one attached hydrogen (secondary N) is 1. The molecule has 0 unspecified atom stereocenters. The first kappa shape index (κ1) is 13.8. The van der Waals surface area contributed by atoms with Gasteiger partial charge in [0.15, 0.2) is 0 Å². The highest BCUT2D eigenvalue weighted by Crippen LogP contribution is 2.16. The molecule has 0 atom stereocenters. The van der Waals surface area contributed by atoms with Gasteiger partial charge in [0.05, 0.1) is 5.01 Å². The van der Waals surface area contributed by atoms with E-state index < -0.39 is 0 Å². The lowest BCUT2D eigenvalue weighted by atomic mass is 10.2. The third-order valence-corrected chi connectivity index (χ3v) is 4.20. The van der Waals surface area contributed by atoms with E-state index in [1.165, 1.54) is 28.4 Å². The average Bonchev–Trinajstić information content (AvgIpc) is 3.09. The summed E-state index contributed by atoms with van der Waals surface area (Å²) in [7, 11) is 0. The van der Waals surface area contributed by atoms with Gasteiger partial charge >= 0.3 is 0 Å². The topological polar surface area (TPSA) is 67.8 Å². The van der Waals surface area contributed by atoms with E-state index in [1.54, 1.807) is 5.38 Å². The lowest BCUT2D eigenvalue weighted by Crippen LogP contribution is -2.13. The van der Waals surface area contributed by atoms with Gasteiger partial charge in [0.1, 0.15) is 10.7 Å². The highest BCUT2D eigenvalue weighted by Gasteiger charge is 2.13. The van der Waals surface area contributed by atoms with E-state index in [4.69, 9.17) is 0 Å². The minimum atomic E-state index is -0.275. The second-order valence-electron chi connectivity index (χ2n) is 4.38. The highest BCUT2D eigenvalue weighted by atomic mass is 32.1. The number of hydrogen-bond acceptors (Lipinski definition) is 6. The molecular weight excluding hydrogens is 304 g/mol. The normalized spacial score (nSPS) is 10.5. The Morgan fingerprint density at radius 2 is 2.05 bits per heavy atom. The zero-order chi connectivity index (χ0) is 14.7. The van der Waals surface area contributed by atoms with Crippen molar-refractivity contribution in [3.05, 3.63) is 57.0 Å². The molecule has 0 aliphatic rings. The van der Waals surface area contributed by atoms with E-state index in [0.717, 1.165) is 16.4 Å². The van der Waals surface area contributed by atoms with Crippen molar-refractivity contribution in [1.29, 1.82) is 0 Å². The fourth-order valence-corrected chi connectivity index (χ4v) is 3.02. The van der Waals surface area contributed by atoms with Crippen LogP contribution < -0.4 is 5.32 Å². The molecule has 1 amide bonds. The van der Waals surface area contributed by atoms with Crippen molar-refractivity contribution in [3.63, 3.8) is 0 Å². The molecule has 1 N–H and O–H groups in total. The molecular formula is C14H12N4OS2. The number of aromatic nitrogens is 3. The van der Waals surface area contributed by atoms with Crippen LogP contribution in [0.3, 0.4) is 0 Å². The molecule has 3 rings (SSSR count). The summed E-state index contributed by atoms with van der Waals surface area (Å²) in [5.41, 5.74) is 1.58. The van der Waals surface area contributed by atoms with E-state index in [1.807, 2.05) is 37.3 Å². The van der Waals surface area contributed by atoms with E-state index >= 15 is 0 Å². The minimum Gasteiger partial charge on any atom is -0.288 e. The van der Waals surface area contributed by atoms with Crippen molar-refractivity contribution in [3.8, 4) is 0 Å². The van der Waals surface area contributed by atoms with Crippen LogP contribution in [0.25, 0.3) is 0 Å². The van der Waals surface area contributed by atoms with Gasteiger partial charge in [-0.15, -0.1) is 11.3 Å². The monoisotopic (exact) mass is 316 g/mol. The second-order valence-corrected chi connectivity index (χ2v) is 6.28. The quantitative estimate of drug-likeness (QED) is 0.803. The summed E-state index contributed by atoms with van der Waals surface area (Å²) < 4.78 is 4.03. The van der Waals surface area contributed by atoms with Crippen molar-refractivity contribution in [2.45, 2.75) is 13.3 Å². The highest BCUT2D eigenvalue weighted by molar-refractivity contribution is 7.09. The van der Waals surface area contributed by atoms with Crippen molar-refractivity contribution in [1.82, 2.24) is 14.3 Å². The first-order valence-corrected chi connectivity index (χ1v) is 7.96. The molecule has 0 saturated heterocycles. The smallest absolute Gasteiger partial charge is 0.277 e. The minimum absolute atomic E-state index is 0.275. The van der Waals surface area contributed by atoms with Gasteiger partial charge in [-0.05, 0) is 24.0 Å². The molecule has 106 valence electrons. The van der Waals surface area contributed by atoms with Crippen LogP contribution in [0.15, 0.2) is 35.7 Å². The van der Waals surface area contributed by atoms with E-state index in [0.29, 0.717) is 11.6 Å². The summed E-state index contributed by atoms with van der Waals surface area (Å²) in [6.07, 6.45) is 0.729. The van der Waals surface area contributed by atoms with Crippen LogP contribution >= 0.6 is 22.9 Å². The molecule has 3 aromatic rings. The number of anilines is 1. The number of nitrogens with zero attached hydrogens (tertiary/aromatic N) is 3. The lowest BCUT2D eigenvalue weighted by Gasteiger charge is -1.97.